The van der Waals surface area contributed by atoms with Crippen LogP contribution in [-0.2, 0) is 0 Å². The molecular weight excluding hydrogens is 235 g/mol. The number of halogens is 1. The summed E-state index contributed by atoms with van der Waals surface area (Å²) in [6.07, 6.45) is 7.88. The third kappa shape index (κ3) is 15.7. The molecule has 0 spiro atoms. The molecule has 58 valence electrons. The molecule has 0 saturated carbocycles. The molecule has 0 heterocycles. The van der Waals surface area contributed by atoms with Gasteiger partial charge in [0.1, 0.15) is 0 Å². The van der Waals surface area contributed by atoms with E-state index < -0.39 is 0 Å². The molecule has 0 aliphatic carbocycles. The second-order valence-electron chi connectivity index (χ2n) is 1.33. The summed E-state index contributed by atoms with van der Waals surface area (Å²) in [4.78, 5) is 0. The molecule has 0 aromatic heterocycles. The predicted octanol–water partition coefficient (Wildman–Crippen LogP) is 4.09. The average Bonchev–Trinajstić information content (AvgIpc) is 1.92. The second kappa shape index (κ2) is 11.7. The number of hydrogen-bond acceptors (Lipinski definition) is 0. The van der Waals surface area contributed by atoms with Crippen LogP contribution in [0.2, 0.25) is 0 Å². The van der Waals surface area contributed by atoms with Crippen molar-refractivity contribution in [3.63, 3.8) is 0 Å². The SMILES string of the molecule is C=C(I)/C=C\C=C/C.CC. The maximum atomic E-state index is 3.69. The molecule has 0 amide bonds. The molecule has 0 radical (unpaired) electrons. The summed E-state index contributed by atoms with van der Waals surface area (Å²) in [5.74, 6) is 0. The fraction of sp³-hybridized carbons (Fsp3) is 0.333. The minimum absolute atomic E-state index is 1.06. The summed E-state index contributed by atoms with van der Waals surface area (Å²) >= 11 is 2.17. The van der Waals surface area contributed by atoms with Crippen molar-refractivity contribution in [2.45, 2.75) is 20.8 Å². The molecule has 0 unspecified atom stereocenters. The first kappa shape index (κ1) is 12.6. The monoisotopic (exact) mass is 250 g/mol. The van der Waals surface area contributed by atoms with Gasteiger partial charge < -0.3 is 0 Å². The van der Waals surface area contributed by atoms with E-state index in [9.17, 15) is 0 Å². The standard InChI is InChI=1S/C7H9I.C2H6/c1-3-4-5-6-7(2)8;1-2/h3-6H,2H2,1H3;1-2H3/b4-3-,6-5-;. The van der Waals surface area contributed by atoms with Crippen molar-refractivity contribution in [2.24, 2.45) is 0 Å². The zero-order chi connectivity index (χ0) is 8.41. The summed E-state index contributed by atoms with van der Waals surface area (Å²) in [6.45, 7) is 9.68. The molecule has 0 fully saturated rings. The Bertz CT molecular complexity index is 121. The van der Waals surface area contributed by atoms with Gasteiger partial charge in [0, 0.05) is 3.58 Å². The van der Waals surface area contributed by atoms with Gasteiger partial charge >= 0.3 is 0 Å². The van der Waals surface area contributed by atoms with Crippen LogP contribution in [0.25, 0.3) is 0 Å². The Labute approximate surface area is 77.9 Å². The summed E-state index contributed by atoms with van der Waals surface area (Å²) in [5, 5.41) is 0. The molecule has 0 atom stereocenters. The van der Waals surface area contributed by atoms with E-state index in [2.05, 4.69) is 29.2 Å². The summed E-state index contributed by atoms with van der Waals surface area (Å²) in [6, 6.07) is 0. The largest absolute Gasteiger partial charge is 0.0877 e. The summed E-state index contributed by atoms with van der Waals surface area (Å²) in [7, 11) is 0. The Balaban J connectivity index is 0. The van der Waals surface area contributed by atoms with Crippen LogP contribution in [0.1, 0.15) is 20.8 Å². The lowest BCUT2D eigenvalue weighted by Crippen LogP contribution is -1.51. The third-order valence-electron chi connectivity index (χ3n) is 0.581. The fourth-order valence-electron chi connectivity index (χ4n) is 0.271. The van der Waals surface area contributed by atoms with Gasteiger partial charge in [-0.3, -0.25) is 0 Å². The molecule has 0 saturated heterocycles. The van der Waals surface area contributed by atoms with Gasteiger partial charge in [-0.05, 0) is 35.6 Å². The van der Waals surface area contributed by atoms with E-state index in [1.165, 1.54) is 0 Å². The summed E-state index contributed by atoms with van der Waals surface area (Å²) < 4.78 is 1.06. The minimum Gasteiger partial charge on any atom is -0.0877 e. The van der Waals surface area contributed by atoms with Crippen molar-refractivity contribution in [1.82, 2.24) is 0 Å². The van der Waals surface area contributed by atoms with E-state index in [-0.39, 0.29) is 0 Å². The van der Waals surface area contributed by atoms with Gasteiger partial charge in [0.05, 0.1) is 0 Å². The molecule has 0 bridgehead atoms. The molecule has 0 N–H and O–H groups in total. The van der Waals surface area contributed by atoms with Crippen LogP contribution in [-0.4, -0.2) is 0 Å². The van der Waals surface area contributed by atoms with E-state index >= 15 is 0 Å². The van der Waals surface area contributed by atoms with Crippen molar-refractivity contribution in [3.05, 3.63) is 34.5 Å². The lowest BCUT2D eigenvalue weighted by Gasteiger charge is -1.76. The molecule has 0 aliphatic heterocycles. The first-order valence-electron chi connectivity index (χ1n) is 3.41. The lowest BCUT2D eigenvalue weighted by atomic mass is 10.4. The lowest BCUT2D eigenvalue weighted by molar-refractivity contribution is 1.50. The first-order chi connectivity index (χ1) is 4.77. The molecule has 0 aromatic rings. The second-order valence-corrected chi connectivity index (χ2v) is 2.72. The van der Waals surface area contributed by atoms with E-state index in [4.69, 9.17) is 0 Å². The Kier molecular flexibility index (Phi) is 14.8. The highest BCUT2D eigenvalue weighted by molar-refractivity contribution is 14.1. The maximum absolute atomic E-state index is 3.69. The Morgan fingerprint density at radius 1 is 1.30 bits per heavy atom. The Morgan fingerprint density at radius 3 is 2.10 bits per heavy atom. The average molecular weight is 250 g/mol. The van der Waals surface area contributed by atoms with E-state index in [0.29, 0.717) is 0 Å². The van der Waals surface area contributed by atoms with Crippen LogP contribution >= 0.6 is 22.6 Å². The smallest absolute Gasteiger partial charge is 0.00579 e. The normalized spacial score (nSPS) is 9.60. The van der Waals surface area contributed by atoms with Crippen molar-refractivity contribution < 1.29 is 0 Å². The quantitative estimate of drug-likeness (QED) is 0.511. The summed E-state index contributed by atoms with van der Waals surface area (Å²) in [5.41, 5.74) is 0. The Hall–Kier alpha value is -0.0500. The molecular formula is C9H15I. The van der Waals surface area contributed by atoms with Crippen LogP contribution < -0.4 is 0 Å². The van der Waals surface area contributed by atoms with Gasteiger partial charge in [-0.15, -0.1) is 0 Å². The fourth-order valence-corrected chi connectivity index (χ4v) is 0.479. The minimum atomic E-state index is 1.06. The molecule has 0 rings (SSSR count). The van der Waals surface area contributed by atoms with Gasteiger partial charge in [0.15, 0.2) is 0 Å². The number of allylic oxidation sites excluding steroid dienone is 5. The highest BCUT2D eigenvalue weighted by atomic mass is 127. The molecule has 0 aromatic carbocycles. The van der Waals surface area contributed by atoms with Crippen molar-refractivity contribution >= 4 is 22.6 Å². The van der Waals surface area contributed by atoms with E-state index in [1.54, 1.807) is 0 Å². The van der Waals surface area contributed by atoms with Gasteiger partial charge in [-0.25, -0.2) is 0 Å². The van der Waals surface area contributed by atoms with Crippen LogP contribution in [0.3, 0.4) is 0 Å². The topological polar surface area (TPSA) is 0 Å². The predicted molar refractivity (Wildman–Crippen MR) is 58.5 cm³/mol. The highest BCUT2D eigenvalue weighted by Crippen LogP contribution is 2.01. The molecule has 1 heteroatoms. The van der Waals surface area contributed by atoms with Crippen LogP contribution in [0.5, 0.6) is 0 Å². The molecule has 0 nitrogen and oxygen atoms in total. The van der Waals surface area contributed by atoms with Crippen molar-refractivity contribution in [2.75, 3.05) is 0 Å². The van der Waals surface area contributed by atoms with Crippen LogP contribution in [0.15, 0.2) is 34.5 Å². The third-order valence-corrected chi connectivity index (χ3v) is 0.940. The highest BCUT2D eigenvalue weighted by Gasteiger charge is 1.69. The van der Waals surface area contributed by atoms with Crippen LogP contribution in [0.4, 0.5) is 0 Å². The van der Waals surface area contributed by atoms with Gasteiger partial charge in [-0.1, -0.05) is 38.7 Å². The van der Waals surface area contributed by atoms with Gasteiger partial charge in [-0.2, -0.15) is 0 Å². The molecule has 10 heavy (non-hydrogen) atoms. The zero-order valence-electron chi connectivity index (χ0n) is 6.89. The van der Waals surface area contributed by atoms with E-state index in [0.717, 1.165) is 3.58 Å². The zero-order valence-corrected chi connectivity index (χ0v) is 9.05. The number of rotatable bonds is 2. The van der Waals surface area contributed by atoms with Gasteiger partial charge in [0.2, 0.25) is 0 Å². The van der Waals surface area contributed by atoms with E-state index in [1.807, 2.05) is 45.1 Å². The van der Waals surface area contributed by atoms with Gasteiger partial charge in [0.25, 0.3) is 0 Å². The van der Waals surface area contributed by atoms with Crippen molar-refractivity contribution in [3.8, 4) is 0 Å². The maximum Gasteiger partial charge on any atom is 0.00579 e. The number of hydrogen-bond donors (Lipinski definition) is 0. The van der Waals surface area contributed by atoms with Crippen LogP contribution in [0, 0.1) is 0 Å². The van der Waals surface area contributed by atoms with Crippen molar-refractivity contribution in [1.29, 1.82) is 0 Å². The molecule has 0 aliphatic rings. The first-order valence-corrected chi connectivity index (χ1v) is 4.49. The Morgan fingerprint density at radius 2 is 1.80 bits per heavy atom.